The third kappa shape index (κ3) is 4.95. The van der Waals surface area contributed by atoms with Gasteiger partial charge in [-0.15, -0.1) is 0 Å². The average Bonchev–Trinajstić information content (AvgIpc) is 2.85. The summed E-state index contributed by atoms with van der Waals surface area (Å²) < 4.78 is 66.7. The van der Waals surface area contributed by atoms with Crippen molar-refractivity contribution in [3.05, 3.63) is 83.9 Å². The first-order chi connectivity index (χ1) is 17.0. The second-order valence-corrected chi connectivity index (χ2v) is 10.2. The van der Waals surface area contributed by atoms with Gasteiger partial charge in [0.15, 0.2) is 9.84 Å². The Labute approximate surface area is 205 Å². The molecule has 3 N–H and O–H groups in total. The molecule has 0 fully saturated rings. The number of nitrogens with zero attached hydrogens (tertiary/aromatic N) is 1. The highest BCUT2D eigenvalue weighted by molar-refractivity contribution is 7.91. The number of carbonyl (C=O) groups is 1. The number of halogens is 3. The van der Waals surface area contributed by atoms with Crippen LogP contribution in [-0.4, -0.2) is 36.8 Å². The summed E-state index contributed by atoms with van der Waals surface area (Å²) in [6.07, 6.45) is -4.41. The number of aromatic nitrogens is 1. The SMILES string of the molecule is NCCCS(=O)(=O)c1ccccc1-c1cccc(-c2nc3c(C(F)(F)F)cccc3cc2C(=O)O)c1. The largest absolute Gasteiger partial charge is 0.478 e. The van der Waals surface area contributed by atoms with Crippen molar-refractivity contribution in [3.63, 3.8) is 0 Å². The Hall–Kier alpha value is -3.76. The predicted octanol–water partition coefficient (Wildman–Crippen LogP) is 5.41. The summed E-state index contributed by atoms with van der Waals surface area (Å²) in [6, 6.07) is 17.2. The third-order valence-corrected chi connectivity index (χ3v) is 7.52. The maximum absolute atomic E-state index is 13.6. The number of sulfone groups is 1. The van der Waals surface area contributed by atoms with Gasteiger partial charge in [0, 0.05) is 16.5 Å². The Morgan fingerprint density at radius 1 is 0.944 bits per heavy atom. The molecule has 186 valence electrons. The van der Waals surface area contributed by atoms with E-state index in [2.05, 4.69) is 4.98 Å². The Morgan fingerprint density at radius 2 is 1.64 bits per heavy atom. The van der Waals surface area contributed by atoms with Crippen LogP contribution >= 0.6 is 0 Å². The predicted molar refractivity (Wildman–Crippen MR) is 130 cm³/mol. The molecule has 0 amide bonds. The number of benzene rings is 3. The molecule has 0 aliphatic rings. The lowest BCUT2D eigenvalue weighted by Gasteiger charge is -2.14. The van der Waals surface area contributed by atoms with Gasteiger partial charge in [0.1, 0.15) is 0 Å². The summed E-state index contributed by atoms with van der Waals surface area (Å²) in [7, 11) is -3.67. The highest BCUT2D eigenvalue weighted by Gasteiger charge is 2.33. The summed E-state index contributed by atoms with van der Waals surface area (Å²) in [6.45, 7) is 0.211. The van der Waals surface area contributed by atoms with Crippen molar-refractivity contribution in [1.82, 2.24) is 4.98 Å². The molecule has 0 atom stereocenters. The van der Waals surface area contributed by atoms with Crippen molar-refractivity contribution in [3.8, 4) is 22.4 Å². The highest BCUT2D eigenvalue weighted by Crippen LogP contribution is 2.37. The molecule has 4 aromatic rings. The van der Waals surface area contributed by atoms with Crippen LogP contribution in [0.5, 0.6) is 0 Å². The summed E-state index contributed by atoms with van der Waals surface area (Å²) in [5.41, 5.74) is 4.75. The van der Waals surface area contributed by atoms with Crippen molar-refractivity contribution in [2.24, 2.45) is 5.73 Å². The van der Waals surface area contributed by atoms with Gasteiger partial charge >= 0.3 is 12.1 Å². The number of alkyl halides is 3. The third-order valence-electron chi connectivity index (χ3n) is 5.67. The molecule has 0 radical (unpaired) electrons. The van der Waals surface area contributed by atoms with E-state index in [4.69, 9.17) is 5.73 Å². The van der Waals surface area contributed by atoms with E-state index >= 15 is 0 Å². The van der Waals surface area contributed by atoms with Crippen molar-refractivity contribution >= 4 is 26.7 Å². The first-order valence-electron chi connectivity index (χ1n) is 10.9. The fraction of sp³-hybridized carbons (Fsp3) is 0.154. The van der Waals surface area contributed by atoms with Crippen LogP contribution in [-0.2, 0) is 16.0 Å². The molecule has 0 spiro atoms. The molecule has 0 aliphatic carbocycles. The van der Waals surface area contributed by atoms with Crippen LogP contribution in [0.4, 0.5) is 13.2 Å². The number of hydrogen-bond acceptors (Lipinski definition) is 5. The molecule has 0 saturated carbocycles. The van der Waals surface area contributed by atoms with Gasteiger partial charge in [0.2, 0.25) is 0 Å². The fourth-order valence-electron chi connectivity index (χ4n) is 4.00. The number of pyridine rings is 1. The van der Waals surface area contributed by atoms with E-state index in [1.54, 1.807) is 30.3 Å². The summed E-state index contributed by atoms with van der Waals surface area (Å²) in [5, 5.41) is 9.82. The van der Waals surface area contributed by atoms with Crippen molar-refractivity contribution < 1.29 is 31.5 Å². The minimum Gasteiger partial charge on any atom is -0.478 e. The number of rotatable bonds is 7. The van der Waals surface area contributed by atoms with Crippen LogP contribution in [0.1, 0.15) is 22.3 Å². The number of carboxylic acid groups (broad SMARTS) is 1. The molecule has 0 saturated heterocycles. The summed E-state index contributed by atoms with van der Waals surface area (Å²) in [4.78, 5) is 16.2. The van der Waals surface area contributed by atoms with Gasteiger partial charge in [-0.2, -0.15) is 13.2 Å². The molecule has 6 nitrogen and oxygen atoms in total. The van der Waals surface area contributed by atoms with Crippen LogP contribution in [0, 0.1) is 0 Å². The number of nitrogens with two attached hydrogens (primary N) is 1. The molecule has 0 bridgehead atoms. The van der Waals surface area contributed by atoms with Crippen LogP contribution in [0.15, 0.2) is 77.7 Å². The standard InChI is InChI=1S/C26H21F3N2O4S/c27-26(28,29)21-10-4-8-18-15-20(25(32)33)23(31-24(18)21)17-7-3-6-16(14-17)19-9-1-2-11-22(19)36(34,35)13-5-12-30/h1-4,6-11,14-15H,5,12-13,30H2,(H,32,33). The maximum atomic E-state index is 13.6. The molecule has 10 heteroatoms. The fourth-order valence-corrected chi connectivity index (χ4v) is 5.58. The van der Waals surface area contributed by atoms with E-state index < -0.39 is 27.5 Å². The Balaban J connectivity index is 1.93. The van der Waals surface area contributed by atoms with Gasteiger partial charge in [-0.25, -0.2) is 18.2 Å². The molecular weight excluding hydrogens is 493 g/mol. The molecule has 0 unspecified atom stereocenters. The highest BCUT2D eigenvalue weighted by atomic mass is 32.2. The van der Waals surface area contributed by atoms with Crippen molar-refractivity contribution in [1.29, 1.82) is 0 Å². The lowest BCUT2D eigenvalue weighted by Crippen LogP contribution is -2.12. The van der Waals surface area contributed by atoms with Crippen LogP contribution in [0.2, 0.25) is 0 Å². The molecule has 0 aliphatic heterocycles. The van der Waals surface area contributed by atoms with Crippen LogP contribution in [0.25, 0.3) is 33.3 Å². The van der Waals surface area contributed by atoms with Crippen LogP contribution in [0.3, 0.4) is 0 Å². The smallest absolute Gasteiger partial charge is 0.418 e. The molecule has 36 heavy (non-hydrogen) atoms. The summed E-state index contributed by atoms with van der Waals surface area (Å²) in [5.74, 6) is -1.50. The normalized spacial score (nSPS) is 12.1. The zero-order valence-electron chi connectivity index (χ0n) is 18.8. The van der Waals surface area contributed by atoms with E-state index in [1.807, 2.05) is 0 Å². The summed E-state index contributed by atoms with van der Waals surface area (Å²) >= 11 is 0. The maximum Gasteiger partial charge on any atom is 0.418 e. The molecule has 1 aromatic heterocycles. The quantitative estimate of drug-likeness (QED) is 0.341. The monoisotopic (exact) mass is 514 g/mol. The number of aromatic carboxylic acids is 1. The lowest BCUT2D eigenvalue weighted by molar-refractivity contribution is -0.136. The van der Waals surface area contributed by atoms with E-state index in [0.29, 0.717) is 11.1 Å². The van der Waals surface area contributed by atoms with Gasteiger partial charge < -0.3 is 10.8 Å². The van der Waals surface area contributed by atoms with Gasteiger partial charge in [-0.1, -0.05) is 48.5 Å². The zero-order valence-corrected chi connectivity index (χ0v) is 19.6. The number of carboxylic acids is 1. The Bertz CT molecular complexity index is 1570. The van der Waals surface area contributed by atoms with Gasteiger partial charge in [0.05, 0.1) is 33.0 Å². The number of fused-ring (bicyclic) bond motifs is 1. The minimum absolute atomic E-state index is 0.0403. The van der Waals surface area contributed by atoms with Crippen molar-refractivity contribution in [2.75, 3.05) is 12.3 Å². The number of para-hydroxylation sites is 1. The molecular formula is C26H21F3N2O4S. The first kappa shape index (κ1) is 25.3. The van der Waals surface area contributed by atoms with E-state index in [1.165, 1.54) is 30.3 Å². The lowest BCUT2D eigenvalue weighted by atomic mass is 9.97. The average molecular weight is 515 g/mol. The van der Waals surface area contributed by atoms with Crippen molar-refractivity contribution in [2.45, 2.75) is 17.5 Å². The topological polar surface area (TPSA) is 110 Å². The first-order valence-corrected chi connectivity index (χ1v) is 12.5. The van der Waals surface area contributed by atoms with Gasteiger partial charge in [-0.3, -0.25) is 0 Å². The molecule has 3 aromatic carbocycles. The van der Waals surface area contributed by atoms with E-state index in [-0.39, 0.29) is 51.3 Å². The van der Waals surface area contributed by atoms with Gasteiger partial charge in [-0.05, 0) is 42.8 Å². The van der Waals surface area contributed by atoms with E-state index in [0.717, 1.165) is 12.1 Å². The second-order valence-electron chi connectivity index (χ2n) is 8.10. The zero-order chi connectivity index (χ0) is 26.1. The van der Waals surface area contributed by atoms with Crippen LogP contribution < -0.4 is 5.73 Å². The molecule has 4 rings (SSSR count). The van der Waals surface area contributed by atoms with E-state index in [9.17, 15) is 31.5 Å². The molecule has 1 heterocycles. The Morgan fingerprint density at radius 3 is 2.33 bits per heavy atom. The van der Waals surface area contributed by atoms with Gasteiger partial charge in [0.25, 0.3) is 0 Å². The minimum atomic E-state index is -4.69. The Kier molecular flexibility index (Phi) is 6.83. The second kappa shape index (κ2) is 9.71. The number of hydrogen-bond donors (Lipinski definition) is 2.